The van der Waals surface area contributed by atoms with Gasteiger partial charge in [-0.3, -0.25) is 0 Å². The van der Waals surface area contributed by atoms with Gasteiger partial charge in [-0.2, -0.15) is 0 Å². The number of fused-ring (bicyclic) bond motifs is 6. The van der Waals surface area contributed by atoms with E-state index in [2.05, 4.69) is 152 Å². The Hall–Kier alpha value is -7.21. The van der Waals surface area contributed by atoms with Crippen molar-refractivity contribution in [3.63, 3.8) is 0 Å². The molecule has 0 bridgehead atoms. The predicted molar refractivity (Wildman–Crippen MR) is 233 cm³/mol. The molecule has 3 aromatic heterocycles. The minimum atomic E-state index is 0.588. The average Bonchev–Trinajstić information content (AvgIpc) is 3.86. The van der Waals surface area contributed by atoms with Gasteiger partial charge in [0.2, 0.25) is 0 Å². The van der Waals surface area contributed by atoms with Crippen molar-refractivity contribution in [2.45, 2.75) is 0 Å². The first kappa shape index (κ1) is 32.2. The maximum absolute atomic E-state index is 6.87. The van der Waals surface area contributed by atoms with Gasteiger partial charge in [0.1, 0.15) is 11.2 Å². The van der Waals surface area contributed by atoms with Gasteiger partial charge in [-0.15, -0.1) is 11.3 Å². The molecule has 0 aliphatic carbocycles. The third-order valence-electron chi connectivity index (χ3n) is 10.6. The summed E-state index contributed by atoms with van der Waals surface area (Å²) in [4.78, 5) is 15.1. The van der Waals surface area contributed by atoms with Gasteiger partial charge < -0.3 is 4.42 Å². The Morgan fingerprint density at radius 3 is 1.70 bits per heavy atom. The highest BCUT2D eigenvalue weighted by atomic mass is 32.1. The first-order valence-corrected chi connectivity index (χ1v) is 19.5. The molecule has 0 amide bonds. The molecule has 0 spiro atoms. The molecule has 56 heavy (non-hydrogen) atoms. The zero-order valence-corrected chi connectivity index (χ0v) is 30.9. The second-order valence-corrected chi connectivity index (χ2v) is 15.0. The van der Waals surface area contributed by atoms with E-state index in [1.165, 1.54) is 31.3 Å². The number of para-hydroxylation sites is 1. The SMILES string of the molecule is c1ccc(-c2cccc(-c3nc(-c4ccccc4)nc(-c4ccc5c(c4)oc4c(-c6ccc(-c7ccccc7)c7c6sc6ccccc67)cccc45)n3)c2)cc1. The van der Waals surface area contributed by atoms with E-state index in [0.717, 1.165) is 60.9 Å². The molecular formula is C51H31N3OS. The standard InChI is InChI=1S/C51H31N3OS/c1-4-14-32(15-5-1)35-20-12-21-36(30-35)50-52-49(34-18-8-3-9-19-34)53-51(54-50)37-26-27-39-40-23-13-24-41(47(40)55-44(39)31-37)42-29-28-38(33-16-6-2-7-17-33)46-43-22-10-11-25-45(43)56-48(42)46/h1-31H. The van der Waals surface area contributed by atoms with Crippen LogP contribution in [0.4, 0.5) is 0 Å². The van der Waals surface area contributed by atoms with Gasteiger partial charge in [-0.25, -0.2) is 15.0 Å². The maximum atomic E-state index is 6.87. The van der Waals surface area contributed by atoms with Gasteiger partial charge in [0.05, 0.1) is 0 Å². The number of hydrogen-bond acceptors (Lipinski definition) is 5. The fourth-order valence-electron chi connectivity index (χ4n) is 7.87. The highest BCUT2D eigenvalue weighted by molar-refractivity contribution is 7.26. The Labute approximate surface area is 327 Å². The second kappa shape index (κ2) is 13.3. The molecule has 0 N–H and O–H groups in total. The highest BCUT2D eigenvalue weighted by Gasteiger charge is 2.20. The van der Waals surface area contributed by atoms with Crippen LogP contribution in [0.5, 0.6) is 0 Å². The Morgan fingerprint density at radius 1 is 0.357 bits per heavy atom. The molecule has 3 heterocycles. The summed E-state index contributed by atoms with van der Waals surface area (Å²) < 4.78 is 9.39. The van der Waals surface area contributed by atoms with Crippen LogP contribution < -0.4 is 0 Å². The van der Waals surface area contributed by atoms with E-state index >= 15 is 0 Å². The summed E-state index contributed by atoms with van der Waals surface area (Å²) in [5, 5.41) is 4.67. The third kappa shape index (κ3) is 5.48. The molecule has 0 saturated heterocycles. The topological polar surface area (TPSA) is 51.8 Å². The lowest BCUT2D eigenvalue weighted by Crippen LogP contribution is -2.00. The van der Waals surface area contributed by atoms with Crippen molar-refractivity contribution < 1.29 is 4.42 Å². The number of furan rings is 1. The molecular weight excluding hydrogens is 703 g/mol. The van der Waals surface area contributed by atoms with E-state index in [4.69, 9.17) is 19.4 Å². The van der Waals surface area contributed by atoms with E-state index < -0.39 is 0 Å². The van der Waals surface area contributed by atoms with Gasteiger partial charge >= 0.3 is 0 Å². The molecule has 11 rings (SSSR count). The number of hydrogen-bond donors (Lipinski definition) is 0. The van der Waals surface area contributed by atoms with E-state index in [9.17, 15) is 0 Å². The van der Waals surface area contributed by atoms with Crippen LogP contribution in [0, 0.1) is 0 Å². The molecule has 5 heteroatoms. The van der Waals surface area contributed by atoms with Gasteiger partial charge in [0.25, 0.3) is 0 Å². The van der Waals surface area contributed by atoms with Crippen LogP contribution in [0.1, 0.15) is 0 Å². The van der Waals surface area contributed by atoms with Gasteiger partial charge in [0.15, 0.2) is 17.5 Å². The Kier molecular flexibility index (Phi) is 7.64. The fraction of sp³-hybridized carbons (Fsp3) is 0. The molecule has 0 aliphatic rings. The van der Waals surface area contributed by atoms with Crippen molar-refractivity contribution in [1.82, 2.24) is 15.0 Å². The fourth-order valence-corrected chi connectivity index (χ4v) is 9.12. The normalized spacial score (nSPS) is 11.6. The number of benzene rings is 8. The molecule has 4 nitrogen and oxygen atoms in total. The first-order chi connectivity index (χ1) is 27.7. The van der Waals surface area contributed by atoms with Crippen molar-refractivity contribution in [3.05, 3.63) is 188 Å². The van der Waals surface area contributed by atoms with E-state index in [0.29, 0.717) is 17.5 Å². The molecule has 8 aromatic carbocycles. The molecule has 0 unspecified atom stereocenters. The molecule has 0 fully saturated rings. The molecule has 0 radical (unpaired) electrons. The first-order valence-electron chi connectivity index (χ1n) is 18.7. The quantitative estimate of drug-likeness (QED) is 0.171. The number of rotatable bonds is 6. The summed E-state index contributed by atoms with van der Waals surface area (Å²) in [6, 6.07) is 65.5. The Balaban J connectivity index is 1.07. The third-order valence-corrected chi connectivity index (χ3v) is 11.8. The van der Waals surface area contributed by atoms with Crippen LogP contribution in [-0.4, -0.2) is 15.0 Å². The van der Waals surface area contributed by atoms with Crippen molar-refractivity contribution in [2.24, 2.45) is 0 Å². The van der Waals surface area contributed by atoms with Crippen LogP contribution in [0.3, 0.4) is 0 Å². The van der Waals surface area contributed by atoms with E-state index in [1.807, 2.05) is 47.7 Å². The van der Waals surface area contributed by atoms with Crippen LogP contribution in [-0.2, 0) is 0 Å². The summed E-state index contributed by atoms with van der Waals surface area (Å²) in [5.74, 6) is 1.82. The number of nitrogens with zero attached hydrogens (tertiary/aromatic N) is 3. The second-order valence-electron chi connectivity index (χ2n) is 13.9. The summed E-state index contributed by atoms with van der Waals surface area (Å²) in [6.07, 6.45) is 0. The van der Waals surface area contributed by atoms with Gasteiger partial charge in [0, 0.05) is 58.8 Å². The Morgan fingerprint density at radius 2 is 0.929 bits per heavy atom. The lowest BCUT2D eigenvalue weighted by atomic mass is 9.94. The minimum Gasteiger partial charge on any atom is -0.455 e. The van der Waals surface area contributed by atoms with Crippen LogP contribution in [0.15, 0.2) is 192 Å². The number of thiophene rings is 1. The molecule has 0 saturated carbocycles. The maximum Gasteiger partial charge on any atom is 0.164 e. The van der Waals surface area contributed by atoms with Crippen molar-refractivity contribution in [3.8, 4) is 67.5 Å². The largest absolute Gasteiger partial charge is 0.455 e. The van der Waals surface area contributed by atoms with Gasteiger partial charge in [-0.1, -0.05) is 164 Å². The van der Waals surface area contributed by atoms with Crippen molar-refractivity contribution in [2.75, 3.05) is 0 Å². The Bertz CT molecular complexity index is 3240. The monoisotopic (exact) mass is 733 g/mol. The van der Waals surface area contributed by atoms with Crippen LogP contribution in [0.2, 0.25) is 0 Å². The van der Waals surface area contributed by atoms with Crippen molar-refractivity contribution >= 4 is 53.4 Å². The highest BCUT2D eigenvalue weighted by Crippen LogP contribution is 2.47. The van der Waals surface area contributed by atoms with Gasteiger partial charge in [-0.05, 0) is 46.5 Å². The lowest BCUT2D eigenvalue weighted by Gasteiger charge is -2.10. The lowest BCUT2D eigenvalue weighted by molar-refractivity contribution is 0.670. The predicted octanol–water partition coefficient (Wildman–Crippen LogP) is 14.1. The zero-order chi connectivity index (χ0) is 37.0. The smallest absolute Gasteiger partial charge is 0.164 e. The summed E-state index contributed by atoms with van der Waals surface area (Å²) >= 11 is 1.84. The summed E-state index contributed by atoms with van der Waals surface area (Å²) in [7, 11) is 0. The summed E-state index contributed by atoms with van der Waals surface area (Å²) in [6.45, 7) is 0. The van der Waals surface area contributed by atoms with Crippen LogP contribution in [0.25, 0.3) is 110 Å². The molecule has 0 aliphatic heterocycles. The summed E-state index contributed by atoms with van der Waals surface area (Å²) in [5.41, 5.74) is 11.3. The van der Waals surface area contributed by atoms with E-state index in [1.54, 1.807) is 0 Å². The average molecular weight is 734 g/mol. The molecule has 11 aromatic rings. The van der Waals surface area contributed by atoms with Crippen LogP contribution >= 0.6 is 11.3 Å². The molecule has 0 atom stereocenters. The van der Waals surface area contributed by atoms with E-state index in [-0.39, 0.29) is 0 Å². The molecule has 262 valence electrons. The minimum absolute atomic E-state index is 0.588. The van der Waals surface area contributed by atoms with Crippen molar-refractivity contribution in [1.29, 1.82) is 0 Å². The number of aromatic nitrogens is 3. The zero-order valence-electron chi connectivity index (χ0n) is 30.1.